The van der Waals surface area contributed by atoms with Crippen LogP contribution in [0.3, 0.4) is 0 Å². The average Bonchev–Trinajstić information content (AvgIpc) is 3.15. The number of nitrogens with one attached hydrogen (secondary N) is 1. The lowest BCUT2D eigenvalue weighted by Gasteiger charge is -2.38. The third-order valence-electron chi connectivity index (χ3n) is 6.78. The van der Waals surface area contributed by atoms with Crippen molar-refractivity contribution in [3.05, 3.63) is 47.5 Å². The molecule has 1 aromatic rings. The van der Waals surface area contributed by atoms with E-state index >= 15 is 0 Å². The van der Waals surface area contributed by atoms with Gasteiger partial charge in [-0.15, -0.1) is 0 Å². The number of likely N-dealkylation sites (tertiary alicyclic amines) is 1. The van der Waals surface area contributed by atoms with Crippen LogP contribution in [0, 0.1) is 11.3 Å². The summed E-state index contributed by atoms with van der Waals surface area (Å²) < 4.78 is 0. The highest BCUT2D eigenvalue weighted by Gasteiger charge is 2.42. The van der Waals surface area contributed by atoms with Crippen molar-refractivity contribution in [1.82, 2.24) is 15.1 Å². The van der Waals surface area contributed by atoms with Gasteiger partial charge in [-0.25, -0.2) is 4.79 Å². The van der Waals surface area contributed by atoms with Crippen molar-refractivity contribution in [3.8, 4) is 0 Å². The number of likely N-dealkylation sites (N-methyl/N-ethyl adjacent to an activating group) is 2. The number of aliphatic carboxylic acids is 1. The molecule has 1 unspecified atom stereocenters. The smallest absolute Gasteiger partial charge is 0.331 e. The van der Waals surface area contributed by atoms with Crippen LogP contribution < -0.4 is 5.32 Å². The standard InChI is InChI=1S/C27H41N3O4/c1-17(2)21(16-18(3)26(33)34)30(8)25(32)23(27(4,5)6)28-24(31)22-20(14-15-29(22)7)19-12-10-9-11-13-19/h9-13,16-17,20-23H,14-15H2,1-8H3,(H,28,31)(H,33,34)/b18-16+/t20-,21-,22?,23-/m1/s1. The van der Waals surface area contributed by atoms with Crippen LogP contribution in [0.4, 0.5) is 0 Å². The molecule has 7 nitrogen and oxygen atoms in total. The lowest BCUT2D eigenvalue weighted by atomic mass is 9.84. The molecule has 0 radical (unpaired) electrons. The summed E-state index contributed by atoms with van der Waals surface area (Å²) in [6, 6.07) is 8.51. The monoisotopic (exact) mass is 471 g/mol. The van der Waals surface area contributed by atoms with E-state index in [-0.39, 0.29) is 35.3 Å². The molecular weight excluding hydrogens is 430 g/mol. The molecular formula is C27H41N3O4. The van der Waals surface area contributed by atoms with E-state index in [1.54, 1.807) is 18.0 Å². The van der Waals surface area contributed by atoms with Gasteiger partial charge in [0.1, 0.15) is 6.04 Å². The average molecular weight is 472 g/mol. The van der Waals surface area contributed by atoms with Crippen LogP contribution >= 0.6 is 0 Å². The highest BCUT2D eigenvalue weighted by molar-refractivity contribution is 5.91. The van der Waals surface area contributed by atoms with Gasteiger partial charge in [0.25, 0.3) is 0 Å². The predicted octanol–water partition coefficient (Wildman–Crippen LogP) is 3.52. The Morgan fingerprint density at radius 2 is 1.76 bits per heavy atom. The fraction of sp³-hybridized carbons (Fsp3) is 0.593. The summed E-state index contributed by atoms with van der Waals surface area (Å²) in [5, 5.41) is 12.4. The van der Waals surface area contributed by atoms with E-state index in [9.17, 15) is 19.5 Å². The van der Waals surface area contributed by atoms with Crippen molar-refractivity contribution in [2.24, 2.45) is 11.3 Å². The summed E-state index contributed by atoms with van der Waals surface area (Å²) in [7, 11) is 3.62. The van der Waals surface area contributed by atoms with E-state index < -0.39 is 23.5 Å². The zero-order chi connectivity index (χ0) is 25.8. The van der Waals surface area contributed by atoms with Crippen LogP contribution in [0.2, 0.25) is 0 Å². The Morgan fingerprint density at radius 1 is 1.18 bits per heavy atom. The number of nitrogens with zero attached hydrogens (tertiary/aromatic N) is 2. The van der Waals surface area contributed by atoms with E-state index in [0.717, 1.165) is 18.5 Å². The molecule has 1 fully saturated rings. The Hall–Kier alpha value is -2.67. The summed E-state index contributed by atoms with van der Waals surface area (Å²) in [4.78, 5) is 42.3. The number of carbonyl (C=O) groups is 3. The Kier molecular flexibility index (Phi) is 9.06. The van der Waals surface area contributed by atoms with Crippen molar-refractivity contribution in [2.45, 2.75) is 72.0 Å². The van der Waals surface area contributed by atoms with Gasteiger partial charge in [-0.2, -0.15) is 0 Å². The Morgan fingerprint density at radius 3 is 2.26 bits per heavy atom. The number of hydrogen-bond donors (Lipinski definition) is 2. The minimum absolute atomic E-state index is 0.00277. The summed E-state index contributed by atoms with van der Waals surface area (Å²) >= 11 is 0. The maximum atomic E-state index is 13.7. The lowest BCUT2D eigenvalue weighted by molar-refractivity contribution is -0.141. The molecule has 0 bridgehead atoms. The SMILES string of the molecule is C/C(=C\[C@H](C(C)C)N(C)C(=O)[C@@H](NC(=O)C1[C@@H](c2ccccc2)CCN1C)C(C)(C)C)C(=O)O. The quantitative estimate of drug-likeness (QED) is 0.566. The van der Waals surface area contributed by atoms with Gasteiger partial charge in [0.2, 0.25) is 11.8 Å². The van der Waals surface area contributed by atoms with Crippen LogP contribution in [-0.2, 0) is 14.4 Å². The first-order chi connectivity index (χ1) is 15.8. The first kappa shape index (κ1) is 27.6. The van der Waals surface area contributed by atoms with Gasteiger partial charge >= 0.3 is 5.97 Å². The van der Waals surface area contributed by atoms with Gasteiger partial charge in [-0.1, -0.05) is 71.0 Å². The van der Waals surface area contributed by atoms with Gasteiger partial charge in [-0.05, 0) is 43.8 Å². The molecule has 2 N–H and O–H groups in total. The second-order valence-electron chi connectivity index (χ2n) is 10.9. The van der Waals surface area contributed by atoms with E-state index in [4.69, 9.17) is 0 Å². The molecule has 2 amide bonds. The molecule has 1 aromatic carbocycles. The number of benzene rings is 1. The molecule has 34 heavy (non-hydrogen) atoms. The summed E-state index contributed by atoms with van der Waals surface area (Å²) in [6.07, 6.45) is 2.49. The van der Waals surface area contributed by atoms with E-state index in [1.165, 1.54) is 6.92 Å². The maximum absolute atomic E-state index is 13.7. The maximum Gasteiger partial charge on any atom is 0.331 e. The van der Waals surface area contributed by atoms with Crippen molar-refractivity contribution in [2.75, 3.05) is 20.6 Å². The van der Waals surface area contributed by atoms with Crippen molar-refractivity contribution in [1.29, 1.82) is 0 Å². The summed E-state index contributed by atoms with van der Waals surface area (Å²) in [5.41, 5.74) is 0.776. The summed E-state index contributed by atoms with van der Waals surface area (Å²) in [6.45, 7) is 12.0. The number of carboxylic acid groups (broad SMARTS) is 1. The van der Waals surface area contributed by atoms with Crippen LogP contribution in [0.1, 0.15) is 59.4 Å². The molecule has 188 valence electrons. The van der Waals surface area contributed by atoms with Crippen LogP contribution in [0.25, 0.3) is 0 Å². The fourth-order valence-electron chi connectivity index (χ4n) is 4.68. The van der Waals surface area contributed by atoms with Gasteiger partial charge in [0, 0.05) is 18.5 Å². The van der Waals surface area contributed by atoms with Crippen LogP contribution in [0.15, 0.2) is 42.0 Å². The van der Waals surface area contributed by atoms with Gasteiger partial charge in [0.05, 0.1) is 12.1 Å². The molecule has 0 aromatic heterocycles. The molecule has 1 aliphatic heterocycles. The van der Waals surface area contributed by atoms with Crippen LogP contribution in [-0.4, -0.2) is 71.5 Å². The second-order valence-corrected chi connectivity index (χ2v) is 10.9. The molecule has 0 saturated carbocycles. The normalized spacial score (nSPS) is 21.3. The lowest BCUT2D eigenvalue weighted by Crippen LogP contribution is -2.59. The topological polar surface area (TPSA) is 90.0 Å². The van der Waals surface area contributed by atoms with E-state index in [2.05, 4.69) is 22.3 Å². The van der Waals surface area contributed by atoms with E-state index in [1.807, 2.05) is 59.9 Å². The third kappa shape index (κ3) is 6.47. The molecule has 1 aliphatic rings. The number of amides is 2. The summed E-state index contributed by atoms with van der Waals surface area (Å²) in [5.74, 6) is -1.34. The first-order valence-electron chi connectivity index (χ1n) is 12.0. The Bertz CT molecular complexity index is 904. The molecule has 0 spiro atoms. The van der Waals surface area contributed by atoms with Crippen LogP contribution in [0.5, 0.6) is 0 Å². The predicted molar refractivity (Wildman–Crippen MR) is 134 cm³/mol. The number of carboxylic acids is 1. The van der Waals surface area contributed by atoms with Gasteiger partial charge in [-0.3, -0.25) is 14.5 Å². The second kappa shape index (κ2) is 11.2. The number of carbonyl (C=O) groups excluding carboxylic acids is 2. The molecule has 7 heteroatoms. The van der Waals surface area contributed by atoms with E-state index in [0.29, 0.717) is 0 Å². The number of rotatable bonds is 8. The molecule has 4 atom stereocenters. The Balaban J connectivity index is 2.31. The molecule has 1 saturated heterocycles. The fourth-order valence-corrected chi connectivity index (χ4v) is 4.68. The zero-order valence-corrected chi connectivity index (χ0v) is 21.8. The minimum Gasteiger partial charge on any atom is -0.478 e. The first-order valence-corrected chi connectivity index (χ1v) is 12.0. The van der Waals surface area contributed by atoms with Crippen molar-refractivity contribution < 1.29 is 19.5 Å². The highest BCUT2D eigenvalue weighted by Crippen LogP contribution is 2.33. The van der Waals surface area contributed by atoms with Crippen molar-refractivity contribution in [3.63, 3.8) is 0 Å². The number of hydrogen-bond acceptors (Lipinski definition) is 4. The van der Waals surface area contributed by atoms with Gasteiger partial charge in [0.15, 0.2) is 0 Å². The minimum atomic E-state index is -1.01. The Labute approximate surface area is 204 Å². The molecule has 2 rings (SSSR count). The zero-order valence-electron chi connectivity index (χ0n) is 21.8. The third-order valence-corrected chi connectivity index (χ3v) is 6.78. The largest absolute Gasteiger partial charge is 0.478 e. The van der Waals surface area contributed by atoms with Gasteiger partial charge < -0.3 is 15.3 Å². The van der Waals surface area contributed by atoms with Crippen molar-refractivity contribution >= 4 is 17.8 Å². The molecule has 0 aliphatic carbocycles. The highest BCUT2D eigenvalue weighted by atomic mass is 16.4. The molecule has 1 heterocycles.